The second-order valence-electron chi connectivity index (χ2n) is 6.43. The Balaban J connectivity index is 1.60. The first-order valence-electron chi connectivity index (χ1n) is 9.31. The monoisotopic (exact) mass is 409 g/mol. The van der Waals surface area contributed by atoms with Crippen LogP contribution in [0.5, 0.6) is 5.75 Å². The number of benzene rings is 2. The van der Waals surface area contributed by atoms with E-state index in [1.807, 2.05) is 40.6 Å². The average Bonchev–Trinajstić information content (AvgIpc) is 3.28. The van der Waals surface area contributed by atoms with E-state index in [1.54, 1.807) is 35.6 Å². The molecule has 1 amide bonds. The zero-order chi connectivity index (χ0) is 20.5. The number of nitrogens with zero attached hydrogens (tertiary/aromatic N) is 1. The Labute approximate surface area is 174 Å². The molecule has 0 atom stereocenters. The predicted molar refractivity (Wildman–Crippen MR) is 113 cm³/mol. The van der Waals surface area contributed by atoms with Gasteiger partial charge in [-0.15, -0.1) is 11.3 Å². The lowest BCUT2D eigenvalue weighted by Gasteiger charge is -2.22. The largest absolute Gasteiger partial charge is 0.484 e. The zero-order valence-electron chi connectivity index (χ0n) is 16.2. The highest BCUT2D eigenvalue weighted by Gasteiger charge is 2.16. The van der Waals surface area contributed by atoms with Gasteiger partial charge in [-0.25, -0.2) is 4.79 Å². The molecule has 3 rings (SSSR count). The molecule has 2 aromatic carbocycles. The number of hydrogen-bond donors (Lipinski definition) is 0. The van der Waals surface area contributed by atoms with E-state index >= 15 is 0 Å². The summed E-state index contributed by atoms with van der Waals surface area (Å²) < 4.78 is 10.3. The van der Waals surface area contributed by atoms with Gasteiger partial charge >= 0.3 is 5.97 Å². The number of amides is 1. The molecule has 0 saturated carbocycles. The van der Waals surface area contributed by atoms with Crippen LogP contribution in [0.2, 0.25) is 0 Å². The first kappa shape index (κ1) is 20.6. The molecule has 3 aromatic rings. The lowest BCUT2D eigenvalue weighted by molar-refractivity contribution is -0.133. The van der Waals surface area contributed by atoms with Crippen molar-refractivity contribution >= 4 is 23.2 Å². The summed E-state index contributed by atoms with van der Waals surface area (Å²) in [5.74, 6) is 0.0483. The Morgan fingerprint density at radius 2 is 1.72 bits per heavy atom. The van der Waals surface area contributed by atoms with Crippen molar-refractivity contribution in [3.05, 3.63) is 88.1 Å². The quantitative estimate of drug-likeness (QED) is 0.498. The minimum absolute atomic E-state index is 0.0578. The first-order valence-corrected chi connectivity index (χ1v) is 10.2. The van der Waals surface area contributed by atoms with E-state index < -0.39 is 5.97 Å². The Morgan fingerprint density at radius 1 is 0.966 bits per heavy atom. The SMILES string of the molecule is COC(=O)c1ccc(OCC(=O)N(CCc2ccccc2)Cc2cccs2)cc1. The van der Waals surface area contributed by atoms with E-state index in [-0.39, 0.29) is 12.5 Å². The predicted octanol–water partition coefficient (Wildman–Crippen LogP) is 4.19. The van der Waals surface area contributed by atoms with E-state index in [9.17, 15) is 9.59 Å². The molecule has 29 heavy (non-hydrogen) atoms. The van der Waals surface area contributed by atoms with Crippen LogP contribution in [0.25, 0.3) is 0 Å². The van der Waals surface area contributed by atoms with E-state index in [4.69, 9.17) is 4.74 Å². The van der Waals surface area contributed by atoms with Gasteiger partial charge in [0.05, 0.1) is 19.2 Å². The van der Waals surface area contributed by atoms with Crippen LogP contribution in [-0.2, 0) is 22.5 Å². The summed E-state index contributed by atoms with van der Waals surface area (Å²) in [6, 6.07) is 20.7. The molecule has 0 fully saturated rings. The van der Waals surface area contributed by atoms with Crippen molar-refractivity contribution in [2.45, 2.75) is 13.0 Å². The van der Waals surface area contributed by atoms with E-state index in [0.29, 0.717) is 24.4 Å². The molecule has 0 unspecified atom stereocenters. The Hall–Kier alpha value is -3.12. The molecule has 0 saturated heterocycles. The minimum Gasteiger partial charge on any atom is -0.484 e. The standard InChI is InChI=1S/C23H23NO4S/c1-27-23(26)19-9-11-20(12-10-19)28-17-22(25)24(16-21-8-5-15-29-21)14-13-18-6-3-2-4-7-18/h2-12,15H,13-14,16-17H2,1H3. The topological polar surface area (TPSA) is 55.8 Å². The van der Waals surface area contributed by atoms with Gasteiger partial charge in [0.25, 0.3) is 5.91 Å². The van der Waals surface area contributed by atoms with Crippen molar-refractivity contribution in [2.75, 3.05) is 20.3 Å². The number of carbonyl (C=O) groups is 2. The van der Waals surface area contributed by atoms with Crippen molar-refractivity contribution in [3.8, 4) is 5.75 Å². The van der Waals surface area contributed by atoms with Crippen molar-refractivity contribution in [3.63, 3.8) is 0 Å². The summed E-state index contributed by atoms with van der Waals surface area (Å²) in [5.41, 5.74) is 1.63. The number of rotatable bonds is 9. The maximum Gasteiger partial charge on any atom is 0.337 e. The highest BCUT2D eigenvalue weighted by molar-refractivity contribution is 7.09. The fraction of sp³-hybridized carbons (Fsp3) is 0.217. The number of esters is 1. The Morgan fingerprint density at radius 3 is 2.38 bits per heavy atom. The van der Waals surface area contributed by atoms with Crippen LogP contribution >= 0.6 is 11.3 Å². The third kappa shape index (κ3) is 6.19. The fourth-order valence-corrected chi connectivity index (χ4v) is 3.55. The molecule has 0 N–H and O–H groups in total. The summed E-state index contributed by atoms with van der Waals surface area (Å²) in [6.07, 6.45) is 0.784. The van der Waals surface area contributed by atoms with Crippen molar-refractivity contribution < 1.29 is 19.1 Å². The molecule has 0 spiro atoms. The minimum atomic E-state index is -0.407. The number of ether oxygens (including phenoxy) is 2. The second-order valence-corrected chi connectivity index (χ2v) is 7.47. The molecule has 1 heterocycles. The van der Waals surface area contributed by atoms with Gasteiger partial charge < -0.3 is 14.4 Å². The van der Waals surface area contributed by atoms with Gasteiger partial charge in [0, 0.05) is 11.4 Å². The average molecular weight is 410 g/mol. The molecule has 1 aromatic heterocycles. The van der Waals surface area contributed by atoms with Crippen molar-refractivity contribution in [2.24, 2.45) is 0 Å². The highest BCUT2D eigenvalue weighted by atomic mass is 32.1. The normalized spacial score (nSPS) is 10.4. The van der Waals surface area contributed by atoms with Crippen LogP contribution in [0.1, 0.15) is 20.8 Å². The first-order chi connectivity index (χ1) is 14.2. The molecule has 150 valence electrons. The third-order valence-electron chi connectivity index (χ3n) is 4.43. The molecule has 0 radical (unpaired) electrons. The number of hydrogen-bond acceptors (Lipinski definition) is 5. The van der Waals surface area contributed by atoms with E-state index in [2.05, 4.69) is 16.9 Å². The lowest BCUT2D eigenvalue weighted by Crippen LogP contribution is -2.35. The number of methoxy groups -OCH3 is 1. The summed E-state index contributed by atoms with van der Waals surface area (Å²) in [7, 11) is 1.34. The Kier molecular flexibility index (Phi) is 7.41. The maximum absolute atomic E-state index is 12.8. The molecule has 0 bridgehead atoms. The number of thiophene rings is 1. The smallest absolute Gasteiger partial charge is 0.337 e. The van der Waals surface area contributed by atoms with Gasteiger partial charge in [0.2, 0.25) is 0 Å². The molecular weight excluding hydrogens is 386 g/mol. The summed E-state index contributed by atoms with van der Waals surface area (Å²) in [4.78, 5) is 27.3. The van der Waals surface area contributed by atoms with Gasteiger partial charge in [-0.05, 0) is 47.7 Å². The van der Waals surface area contributed by atoms with Crippen molar-refractivity contribution in [1.82, 2.24) is 4.90 Å². The van der Waals surface area contributed by atoms with Gasteiger partial charge in [-0.1, -0.05) is 36.4 Å². The molecule has 0 aliphatic heterocycles. The molecule has 0 aliphatic carbocycles. The second kappa shape index (κ2) is 10.4. The summed E-state index contributed by atoms with van der Waals surface area (Å²) in [6.45, 7) is 1.12. The van der Waals surface area contributed by atoms with Crippen molar-refractivity contribution in [1.29, 1.82) is 0 Å². The van der Waals surface area contributed by atoms with Gasteiger partial charge in [0.15, 0.2) is 6.61 Å². The number of carbonyl (C=O) groups excluding carboxylic acids is 2. The zero-order valence-corrected chi connectivity index (χ0v) is 17.1. The van der Waals surface area contributed by atoms with Crippen LogP contribution in [0.4, 0.5) is 0 Å². The molecular formula is C23H23NO4S. The molecule has 6 heteroatoms. The van der Waals surface area contributed by atoms with Crippen LogP contribution in [0.15, 0.2) is 72.1 Å². The summed E-state index contributed by atoms with van der Waals surface area (Å²) >= 11 is 1.63. The van der Waals surface area contributed by atoms with E-state index in [1.165, 1.54) is 12.7 Å². The fourth-order valence-electron chi connectivity index (χ4n) is 2.83. The van der Waals surface area contributed by atoms with E-state index in [0.717, 1.165) is 11.3 Å². The van der Waals surface area contributed by atoms with Crippen LogP contribution in [0, 0.1) is 0 Å². The van der Waals surface area contributed by atoms with Crippen LogP contribution in [-0.4, -0.2) is 37.0 Å². The lowest BCUT2D eigenvalue weighted by atomic mass is 10.1. The van der Waals surface area contributed by atoms with Crippen LogP contribution in [0.3, 0.4) is 0 Å². The maximum atomic E-state index is 12.8. The third-order valence-corrected chi connectivity index (χ3v) is 5.29. The van der Waals surface area contributed by atoms with Gasteiger partial charge in [0.1, 0.15) is 5.75 Å². The van der Waals surface area contributed by atoms with Gasteiger partial charge in [-0.3, -0.25) is 4.79 Å². The molecule has 5 nitrogen and oxygen atoms in total. The van der Waals surface area contributed by atoms with Crippen LogP contribution < -0.4 is 4.74 Å². The summed E-state index contributed by atoms with van der Waals surface area (Å²) in [5, 5.41) is 2.01. The Bertz CT molecular complexity index is 908. The molecule has 0 aliphatic rings. The highest BCUT2D eigenvalue weighted by Crippen LogP contribution is 2.15. The van der Waals surface area contributed by atoms with Gasteiger partial charge in [-0.2, -0.15) is 0 Å².